The minimum atomic E-state index is 0.171. The average molecular weight is 274 g/mol. The van der Waals surface area contributed by atoms with Gasteiger partial charge in [0.1, 0.15) is 11.9 Å². The van der Waals surface area contributed by atoms with Gasteiger partial charge < -0.3 is 10.1 Å². The molecule has 1 unspecified atom stereocenters. The lowest BCUT2D eigenvalue weighted by Crippen LogP contribution is -2.32. The van der Waals surface area contributed by atoms with Crippen LogP contribution < -0.4 is 10.1 Å². The number of benzene rings is 1. The molecule has 2 rings (SSSR count). The highest BCUT2D eigenvalue weighted by Crippen LogP contribution is 2.25. The molecule has 1 fully saturated rings. The highest BCUT2D eigenvalue weighted by molar-refractivity contribution is 6.34. The Hall–Kier alpha value is -0.440. The molecular weight excluding hydrogens is 257 g/mol. The third-order valence-electron chi connectivity index (χ3n) is 2.81. The summed E-state index contributed by atoms with van der Waals surface area (Å²) in [5, 5.41) is 4.68. The van der Waals surface area contributed by atoms with E-state index in [0.717, 1.165) is 18.7 Å². The van der Waals surface area contributed by atoms with E-state index in [2.05, 4.69) is 12.2 Å². The second-order valence-corrected chi connectivity index (χ2v) is 5.31. The van der Waals surface area contributed by atoms with Crippen molar-refractivity contribution in [2.24, 2.45) is 0 Å². The lowest BCUT2D eigenvalue weighted by Gasteiger charge is -2.18. The van der Waals surface area contributed by atoms with Crippen molar-refractivity contribution in [3.8, 4) is 5.75 Å². The van der Waals surface area contributed by atoms with Gasteiger partial charge in [0, 0.05) is 22.6 Å². The first kappa shape index (κ1) is 13.0. The Morgan fingerprint density at radius 3 is 2.47 bits per heavy atom. The van der Waals surface area contributed by atoms with Gasteiger partial charge in [-0.25, -0.2) is 0 Å². The Bertz CT molecular complexity index is 359. The van der Waals surface area contributed by atoms with Gasteiger partial charge in [-0.1, -0.05) is 30.1 Å². The van der Waals surface area contributed by atoms with Crippen LogP contribution in [0.1, 0.15) is 26.2 Å². The molecule has 17 heavy (non-hydrogen) atoms. The number of rotatable bonds is 6. The summed E-state index contributed by atoms with van der Waals surface area (Å²) in [6.45, 7) is 3.00. The van der Waals surface area contributed by atoms with E-state index in [1.165, 1.54) is 12.8 Å². The zero-order valence-corrected chi connectivity index (χ0v) is 11.4. The quantitative estimate of drug-likeness (QED) is 0.849. The van der Waals surface area contributed by atoms with E-state index in [-0.39, 0.29) is 6.10 Å². The van der Waals surface area contributed by atoms with Crippen LogP contribution in [0.2, 0.25) is 10.0 Å². The summed E-state index contributed by atoms with van der Waals surface area (Å²) in [6, 6.07) is 6.01. The van der Waals surface area contributed by atoms with Crippen LogP contribution in [0.25, 0.3) is 0 Å². The second-order valence-electron chi connectivity index (χ2n) is 4.44. The highest BCUT2D eigenvalue weighted by atomic mass is 35.5. The molecule has 0 heterocycles. The van der Waals surface area contributed by atoms with E-state index < -0.39 is 0 Å². The van der Waals surface area contributed by atoms with E-state index in [9.17, 15) is 0 Å². The zero-order valence-electron chi connectivity index (χ0n) is 9.88. The average Bonchev–Trinajstić information content (AvgIpc) is 3.06. The van der Waals surface area contributed by atoms with Crippen molar-refractivity contribution in [2.45, 2.75) is 38.3 Å². The molecule has 0 saturated heterocycles. The summed E-state index contributed by atoms with van der Waals surface area (Å²) in [5.41, 5.74) is 0. The normalized spacial score (nSPS) is 16.9. The van der Waals surface area contributed by atoms with Crippen LogP contribution in [0.3, 0.4) is 0 Å². The number of halogens is 2. The van der Waals surface area contributed by atoms with E-state index in [1.54, 1.807) is 18.2 Å². The van der Waals surface area contributed by atoms with Crippen LogP contribution in [0.15, 0.2) is 18.2 Å². The monoisotopic (exact) mass is 273 g/mol. The van der Waals surface area contributed by atoms with Gasteiger partial charge in [-0.15, -0.1) is 0 Å². The molecule has 0 radical (unpaired) electrons. The first-order chi connectivity index (χ1) is 8.17. The maximum Gasteiger partial charge on any atom is 0.122 e. The van der Waals surface area contributed by atoms with Crippen molar-refractivity contribution in [3.63, 3.8) is 0 Å². The Morgan fingerprint density at radius 1 is 1.29 bits per heavy atom. The molecule has 0 amide bonds. The number of hydrogen-bond donors (Lipinski definition) is 1. The highest BCUT2D eigenvalue weighted by Gasteiger charge is 2.21. The molecule has 1 aliphatic carbocycles. The standard InChI is InChI=1S/C13H17Cl2NO/c1-2-12(8-16-11-3-4-11)17-13-6-9(14)5-10(15)7-13/h5-7,11-12,16H,2-4,8H2,1H3. The first-order valence-corrected chi connectivity index (χ1v) is 6.79. The molecule has 2 nitrogen and oxygen atoms in total. The SMILES string of the molecule is CCC(CNC1CC1)Oc1cc(Cl)cc(Cl)c1. The number of hydrogen-bond acceptors (Lipinski definition) is 2. The molecule has 0 aliphatic heterocycles. The van der Waals surface area contributed by atoms with E-state index in [1.807, 2.05) is 0 Å². The molecule has 1 aromatic rings. The third-order valence-corrected chi connectivity index (χ3v) is 3.24. The van der Waals surface area contributed by atoms with Crippen LogP contribution in [0.4, 0.5) is 0 Å². The fourth-order valence-electron chi connectivity index (χ4n) is 1.64. The molecular formula is C13H17Cl2NO. The van der Waals surface area contributed by atoms with E-state index >= 15 is 0 Å². The fourth-order valence-corrected chi connectivity index (χ4v) is 2.15. The predicted molar refractivity (Wildman–Crippen MR) is 72.2 cm³/mol. The lowest BCUT2D eigenvalue weighted by atomic mass is 10.2. The second kappa shape index (κ2) is 5.94. The largest absolute Gasteiger partial charge is 0.489 e. The maximum atomic E-state index is 5.93. The van der Waals surface area contributed by atoms with Crippen LogP contribution in [-0.4, -0.2) is 18.7 Å². The lowest BCUT2D eigenvalue weighted by molar-refractivity contribution is 0.193. The van der Waals surface area contributed by atoms with E-state index in [4.69, 9.17) is 27.9 Å². The molecule has 0 bridgehead atoms. The van der Waals surface area contributed by atoms with Gasteiger partial charge in [0.25, 0.3) is 0 Å². The van der Waals surface area contributed by atoms with Crippen molar-refractivity contribution >= 4 is 23.2 Å². The number of nitrogens with one attached hydrogen (secondary N) is 1. The summed E-state index contributed by atoms with van der Waals surface area (Å²) in [5.74, 6) is 0.743. The summed E-state index contributed by atoms with van der Waals surface area (Å²) in [4.78, 5) is 0. The van der Waals surface area contributed by atoms with Gasteiger partial charge in [0.05, 0.1) is 0 Å². The zero-order chi connectivity index (χ0) is 12.3. The van der Waals surface area contributed by atoms with Crippen molar-refractivity contribution in [1.29, 1.82) is 0 Å². The van der Waals surface area contributed by atoms with Crippen LogP contribution in [0, 0.1) is 0 Å². The Kier molecular flexibility index (Phi) is 4.55. The molecule has 0 aromatic heterocycles. The molecule has 1 aromatic carbocycles. The Morgan fingerprint density at radius 2 is 1.94 bits per heavy atom. The van der Waals surface area contributed by atoms with Crippen LogP contribution in [-0.2, 0) is 0 Å². The van der Waals surface area contributed by atoms with Gasteiger partial charge in [-0.3, -0.25) is 0 Å². The van der Waals surface area contributed by atoms with Crippen molar-refractivity contribution in [3.05, 3.63) is 28.2 Å². The van der Waals surface area contributed by atoms with Gasteiger partial charge in [0.15, 0.2) is 0 Å². The minimum Gasteiger partial charge on any atom is -0.489 e. The van der Waals surface area contributed by atoms with Gasteiger partial charge in [-0.05, 0) is 37.5 Å². The fraction of sp³-hybridized carbons (Fsp3) is 0.538. The topological polar surface area (TPSA) is 21.3 Å². The Balaban J connectivity index is 1.91. The van der Waals surface area contributed by atoms with Gasteiger partial charge >= 0.3 is 0 Å². The van der Waals surface area contributed by atoms with Crippen molar-refractivity contribution in [2.75, 3.05) is 6.54 Å². The molecule has 1 saturated carbocycles. The predicted octanol–water partition coefficient (Wildman–Crippen LogP) is 3.90. The smallest absolute Gasteiger partial charge is 0.122 e. The molecule has 0 spiro atoms. The molecule has 4 heteroatoms. The molecule has 1 aliphatic rings. The van der Waals surface area contributed by atoms with E-state index in [0.29, 0.717) is 16.1 Å². The van der Waals surface area contributed by atoms with Crippen molar-refractivity contribution < 1.29 is 4.74 Å². The summed E-state index contributed by atoms with van der Waals surface area (Å²) in [6.07, 6.45) is 3.72. The number of ether oxygens (including phenoxy) is 1. The molecule has 94 valence electrons. The van der Waals surface area contributed by atoms with Crippen LogP contribution >= 0.6 is 23.2 Å². The van der Waals surface area contributed by atoms with Gasteiger partial charge in [-0.2, -0.15) is 0 Å². The van der Waals surface area contributed by atoms with Crippen LogP contribution in [0.5, 0.6) is 5.75 Å². The third kappa shape index (κ3) is 4.38. The summed E-state index contributed by atoms with van der Waals surface area (Å²) >= 11 is 11.9. The van der Waals surface area contributed by atoms with Crippen molar-refractivity contribution in [1.82, 2.24) is 5.32 Å². The molecule has 1 atom stereocenters. The summed E-state index contributed by atoms with van der Waals surface area (Å²) < 4.78 is 5.87. The molecule has 1 N–H and O–H groups in total. The maximum absolute atomic E-state index is 5.93. The summed E-state index contributed by atoms with van der Waals surface area (Å²) in [7, 11) is 0. The Labute approximate surface area is 112 Å². The first-order valence-electron chi connectivity index (χ1n) is 6.03. The minimum absolute atomic E-state index is 0.171. The van der Waals surface area contributed by atoms with Gasteiger partial charge in [0.2, 0.25) is 0 Å².